The molecule has 0 aromatic heterocycles. The van der Waals surface area contributed by atoms with E-state index in [0.29, 0.717) is 37.6 Å². The first-order valence-electron chi connectivity index (χ1n) is 10.1. The summed E-state index contributed by atoms with van der Waals surface area (Å²) in [7, 11) is -3.51. The normalized spacial score (nSPS) is 19.4. The second-order valence-electron chi connectivity index (χ2n) is 7.84. The van der Waals surface area contributed by atoms with Gasteiger partial charge in [0.15, 0.2) is 11.5 Å². The summed E-state index contributed by atoms with van der Waals surface area (Å²) in [6, 6.07) is 9.67. The van der Waals surface area contributed by atoms with Gasteiger partial charge in [0.2, 0.25) is 10.0 Å². The van der Waals surface area contributed by atoms with E-state index in [1.54, 1.807) is 10.4 Å². The molecule has 0 N–H and O–H groups in total. The SMILES string of the molecule is O=S(=O)(c1ccc2c(c1)CCCC2)N1CCc2cc3c(cc2C1)OCCCO3. The van der Waals surface area contributed by atoms with Gasteiger partial charge in [0, 0.05) is 19.5 Å². The van der Waals surface area contributed by atoms with Gasteiger partial charge in [0.05, 0.1) is 18.1 Å². The molecule has 0 bridgehead atoms. The molecule has 2 aromatic rings. The van der Waals surface area contributed by atoms with Crippen LogP contribution in [0.3, 0.4) is 0 Å². The molecule has 5 rings (SSSR count). The lowest BCUT2D eigenvalue weighted by atomic mass is 9.92. The molecule has 0 unspecified atom stereocenters. The first-order chi connectivity index (χ1) is 13.6. The Labute approximate surface area is 166 Å². The molecule has 0 amide bonds. The van der Waals surface area contributed by atoms with E-state index in [4.69, 9.17) is 9.47 Å². The van der Waals surface area contributed by atoms with Gasteiger partial charge in [-0.15, -0.1) is 0 Å². The Morgan fingerprint density at radius 3 is 2.21 bits per heavy atom. The molecule has 0 atom stereocenters. The zero-order valence-electron chi connectivity index (χ0n) is 15.9. The van der Waals surface area contributed by atoms with Gasteiger partial charge in [-0.1, -0.05) is 6.07 Å². The van der Waals surface area contributed by atoms with Crippen molar-refractivity contribution in [2.45, 2.75) is 50.0 Å². The Balaban J connectivity index is 1.44. The lowest BCUT2D eigenvalue weighted by Crippen LogP contribution is -2.36. The van der Waals surface area contributed by atoms with E-state index in [9.17, 15) is 8.42 Å². The molecule has 0 saturated heterocycles. The Bertz CT molecular complexity index is 1020. The Kier molecular flexibility index (Phi) is 4.56. The largest absolute Gasteiger partial charge is 0.490 e. The van der Waals surface area contributed by atoms with Gasteiger partial charge < -0.3 is 9.47 Å². The van der Waals surface area contributed by atoms with Crippen LogP contribution in [0.5, 0.6) is 11.5 Å². The maximum Gasteiger partial charge on any atom is 0.243 e. The van der Waals surface area contributed by atoms with Crippen molar-refractivity contribution in [2.75, 3.05) is 19.8 Å². The summed E-state index contributed by atoms with van der Waals surface area (Å²) < 4.78 is 39.8. The van der Waals surface area contributed by atoms with Crippen LogP contribution in [-0.4, -0.2) is 32.5 Å². The van der Waals surface area contributed by atoms with Crippen molar-refractivity contribution < 1.29 is 17.9 Å². The van der Waals surface area contributed by atoms with Crippen LogP contribution in [0, 0.1) is 0 Å². The summed E-state index contributed by atoms with van der Waals surface area (Å²) in [5, 5.41) is 0. The Morgan fingerprint density at radius 2 is 1.43 bits per heavy atom. The van der Waals surface area contributed by atoms with Gasteiger partial charge in [-0.25, -0.2) is 8.42 Å². The minimum atomic E-state index is -3.51. The molecule has 148 valence electrons. The monoisotopic (exact) mass is 399 g/mol. The molecule has 0 fully saturated rings. The van der Waals surface area contributed by atoms with Crippen molar-refractivity contribution >= 4 is 10.0 Å². The maximum atomic E-state index is 13.3. The fraction of sp³-hybridized carbons (Fsp3) is 0.455. The van der Waals surface area contributed by atoms with Gasteiger partial charge in [-0.05, 0) is 78.6 Å². The van der Waals surface area contributed by atoms with Crippen LogP contribution in [0.15, 0.2) is 35.2 Å². The molecule has 6 heteroatoms. The average Bonchev–Trinajstić information content (AvgIpc) is 2.96. The number of hydrogen-bond acceptors (Lipinski definition) is 4. The third kappa shape index (κ3) is 3.18. The third-order valence-electron chi connectivity index (χ3n) is 6.00. The highest BCUT2D eigenvalue weighted by atomic mass is 32.2. The number of aryl methyl sites for hydroxylation is 2. The summed E-state index contributed by atoms with van der Waals surface area (Å²) in [4.78, 5) is 0.422. The summed E-state index contributed by atoms with van der Waals surface area (Å²) >= 11 is 0. The highest BCUT2D eigenvalue weighted by molar-refractivity contribution is 7.89. The van der Waals surface area contributed by atoms with Crippen molar-refractivity contribution in [3.8, 4) is 11.5 Å². The van der Waals surface area contributed by atoms with Crippen LogP contribution in [0.1, 0.15) is 41.5 Å². The van der Waals surface area contributed by atoms with Crippen molar-refractivity contribution in [2.24, 2.45) is 0 Å². The molecule has 0 spiro atoms. The molecular formula is C22H25NO4S. The van der Waals surface area contributed by atoms with Crippen molar-refractivity contribution in [3.63, 3.8) is 0 Å². The van der Waals surface area contributed by atoms with Gasteiger partial charge in [-0.3, -0.25) is 0 Å². The number of hydrogen-bond donors (Lipinski definition) is 0. The topological polar surface area (TPSA) is 55.8 Å². The van der Waals surface area contributed by atoms with Crippen LogP contribution < -0.4 is 9.47 Å². The molecule has 1 aliphatic carbocycles. The molecule has 2 aromatic carbocycles. The Hall–Kier alpha value is -2.05. The first kappa shape index (κ1) is 18.0. The highest BCUT2D eigenvalue weighted by Crippen LogP contribution is 2.36. The van der Waals surface area contributed by atoms with E-state index in [-0.39, 0.29) is 0 Å². The van der Waals surface area contributed by atoms with Gasteiger partial charge in [0.25, 0.3) is 0 Å². The van der Waals surface area contributed by atoms with Crippen LogP contribution in [-0.2, 0) is 35.8 Å². The second-order valence-corrected chi connectivity index (χ2v) is 9.78. The predicted octanol–water partition coefficient (Wildman–Crippen LogP) is 3.47. The third-order valence-corrected chi connectivity index (χ3v) is 7.85. The smallest absolute Gasteiger partial charge is 0.243 e. The van der Waals surface area contributed by atoms with Gasteiger partial charge in [0.1, 0.15) is 0 Å². The molecule has 0 saturated carbocycles. The van der Waals surface area contributed by atoms with E-state index in [1.165, 1.54) is 17.5 Å². The Morgan fingerprint density at radius 1 is 0.750 bits per heavy atom. The summed E-state index contributed by atoms with van der Waals surface area (Å²) in [6.07, 6.45) is 5.91. The fourth-order valence-corrected chi connectivity index (χ4v) is 5.88. The predicted molar refractivity (Wildman–Crippen MR) is 106 cm³/mol. The first-order valence-corrected chi connectivity index (χ1v) is 11.6. The molecule has 2 heterocycles. The van der Waals surface area contributed by atoms with E-state index in [1.807, 2.05) is 24.3 Å². The number of sulfonamides is 1. The van der Waals surface area contributed by atoms with Gasteiger partial charge >= 0.3 is 0 Å². The molecule has 2 aliphatic heterocycles. The zero-order chi connectivity index (χ0) is 19.1. The molecule has 3 aliphatic rings. The van der Waals surface area contributed by atoms with Crippen molar-refractivity contribution in [3.05, 3.63) is 52.6 Å². The number of fused-ring (bicyclic) bond motifs is 3. The maximum absolute atomic E-state index is 13.3. The second kappa shape index (κ2) is 7.08. The minimum Gasteiger partial charge on any atom is -0.490 e. The summed E-state index contributed by atoms with van der Waals surface area (Å²) in [6.45, 7) is 2.16. The molecular weight excluding hydrogens is 374 g/mol. The fourth-order valence-electron chi connectivity index (χ4n) is 4.41. The van der Waals surface area contributed by atoms with E-state index < -0.39 is 10.0 Å². The number of ether oxygens (including phenoxy) is 2. The van der Waals surface area contributed by atoms with Crippen LogP contribution >= 0.6 is 0 Å². The quantitative estimate of drug-likeness (QED) is 0.776. The van der Waals surface area contributed by atoms with E-state index in [2.05, 4.69) is 0 Å². The van der Waals surface area contributed by atoms with Crippen molar-refractivity contribution in [1.82, 2.24) is 4.31 Å². The molecule has 5 nitrogen and oxygen atoms in total. The average molecular weight is 400 g/mol. The number of rotatable bonds is 2. The number of nitrogens with zero attached hydrogens (tertiary/aromatic N) is 1. The lowest BCUT2D eigenvalue weighted by Gasteiger charge is -2.29. The van der Waals surface area contributed by atoms with Crippen LogP contribution in [0.4, 0.5) is 0 Å². The zero-order valence-corrected chi connectivity index (χ0v) is 16.8. The van der Waals surface area contributed by atoms with Crippen molar-refractivity contribution in [1.29, 1.82) is 0 Å². The summed E-state index contributed by atoms with van der Waals surface area (Å²) in [5.41, 5.74) is 4.66. The molecule has 28 heavy (non-hydrogen) atoms. The summed E-state index contributed by atoms with van der Waals surface area (Å²) in [5.74, 6) is 1.51. The standard InChI is InChI=1S/C22H25NO4S/c24-28(25,20-7-6-16-4-1-2-5-17(16)12-20)23-9-8-18-13-21-22(14-19(18)15-23)27-11-3-10-26-21/h6-7,12-14H,1-5,8-11,15H2. The van der Waals surface area contributed by atoms with Crippen LogP contribution in [0.2, 0.25) is 0 Å². The van der Waals surface area contributed by atoms with E-state index in [0.717, 1.165) is 48.3 Å². The highest BCUT2D eigenvalue weighted by Gasteiger charge is 2.30. The van der Waals surface area contributed by atoms with Crippen LogP contribution in [0.25, 0.3) is 0 Å². The molecule has 0 radical (unpaired) electrons. The number of benzene rings is 2. The van der Waals surface area contributed by atoms with Gasteiger partial charge in [-0.2, -0.15) is 4.31 Å². The minimum absolute atomic E-state index is 0.380. The lowest BCUT2D eigenvalue weighted by molar-refractivity contribution is 0.297. The van der Waals surface area contributed by atoms with E-state index >= 15 is 0 Å².